The van der Waals surface area contributed by atoms with Crippen LogP contribution in [-0.4, -0.2) is 5.91 Å². The van der Waals surface area contributed by atoms with Crippen LogP contribution in [-0.2, 0) is 0 Å². The molecule has 14 heavy (non-hydrogen) atoms. The number of hydrogen-bond acceptors (Lipinski definition) is 2. The molecule has 0 unspecified atom stereocenters. The Kier molecular flexibility index (Phi) is 2.55. The lowest BCUT2D eigenvalue weighted by atomic mass is 10.4. The maximum atomic E-state index is 11.6. The van der Waals surface area contributed by atoms with E-state index in [0.29, 0.717) is 0 Å². The molecule has 2 heterocycles. The zero-order chi connectivity index (χ0) is 9.80. The predicted octanol–water partition coefficient (Wildman–Crippen LogP) is 1.81. The maximum Gasteiger partial charge on any atom is 0.265 e. The quantitative estimate of drug-likeness (QED) is 0.798. The lowest BCUT2D eigenvalue weighted by Gasteiger charge is -2.00. The third-order valence-electron chi connectivity index (χ3n) is 1.72. The molecule has 2 rings (SSSR count). The van der Waals surface area contributed by atoms with Crippen molar-refractivity contribution in [3.63, 3.8) is 0 Å². The van der Waals surface area contributed by atoms with Crippen molar-refractivity contribution in [2.45, 2.75) is 0 Å². The highest BCUT2D eigenvalue weighted by Crippen LogP contribution is 2.11. The third kappa shape index (κ3) is 1.97. The van der Waals surface area contributed by atoms with Gasteiger partial charge in [-0.1, -0.05) is 6.07 Å². The van der Waals surface area contributed by atoms with Gasteiger partial charge in [0.05, 0.1) is 10.6 Å². The Morgan fingerprint density at radius 1 is 1.29 bits per heavy atom. The number of nitrogens with one attached hydrogen (secondary N) is 2. The van der Waals surface area contributed by atoms with Gasteiger partial charge in [-0.15, -0.1) is 11.3 Å². The molecule has 0 aromatic carbocycles. The molecule has 0 aliphatic carbocycles. The molecule has 0 aliphatic heterocycles. The normalized spacial score (nSPS) is 9.71. The molecule has 0 aliphatic rings. The summed E-state index contributed by atoms with van der Waals surface area (Å²) in [4.78, 5) is 15.2. The van der Waals surface area contributed by atoms with Crippen LogP contribution in [0.4, 0.5) is 5.69 Å². The molecule has 2 N–H and O–H groups in total. The van der Waals surface area contributed by atoms with E-state index in [1.54, 1.807) is 18.5 Å². The Labute approximate surface area is 85.4 Å². The van der Waals surface area contributed by atoms with E-state index in [-0.39, 0.29) is 5.91 Å². The second-order valence-corrected chi connectivity index (χ2v) is 3.67. The van der Waals surface area contributed by atoms with Gasteiger partial charge in [0.15, 0.2) is 12.4 Å². The SMILES string of the molecule is O=C(Nc1cc[nH+]cc1)c1cccs1. The van der Waals surface area contributed by atoms with Gasteiger partial charge in [-0.2, -0.15) is 0 Å². The number of carbonyl (C=O) groups is 1. The lowest BCUT2D eigenvalue weighted by molar-refractivity contribution is -0.377. The topological polar surface area (TPSA) is 43.2 Å². The van der Waals surface area contributed by atoms with Crippen LogP contribution in [0, 0.1) is 0 Å². The Morgan fingerprint density at radius 3 is 2.71 bits per heavy atom. The molecule has 0 saturated carbocycles. The summed E-state index contributed by atoms with van der Waals surface area (Å²) in [6.07, 6.45) is 3.54. The molecule has 0 atom stereocenters. The van der Waals surface area contributed by atoms with Crippen molar-refractivity contribution < 1.29 is 9.78 Å². The zero-order valence-electron chi connectivity index (χ0n) is 7.36. The summed E-state index contributed by atoms with van der Waals surface area (Å²) < 4.78 is 0. The van der Waals surface area contributed by atoms with Gasteiger partial charge >= 0.3 is 0 Å². The number of pyridine rings is 1. The third-order valence-corrected chi connectivity index (χ3v) is 2.59. The summed E-state index contributed by atoms with van der Waals surface area (Å²) in [5, 5.41) is 4.68. The number of amides is 1. The molecule has 2 aromatic heterocycles. The van der Waals surface area contributed by atoms with Gasteiger partial charge < -0.3 is 5.32 Å². The molecule has 1 amide bonds. The van der Waals surface area contributed by atoms with Crippen LogP contribution in [0.2, 0.25) is 0 Å². The van der Waals surface area contributed by atoms with E-state index in [1.165, 1.54) is 11.3 Å². The molecule has 3 nitrogen and oxygen atoms in total. The van der Waals surface area contributed by atoms with E-state index < -0.39 is 0 Å². The fraction of sp³-hybridized carbons (Fsp3) is 0. The molecule has 4 heteroatoms. The van der Waals surface area contributed by atoms with Gasteiger partial charge in [0.2, 0.25) is 0 Å². The maximum absolute atomic E-state index is 11.6. The number of H-pyrrole nitrogens is 1. The Hall–Kier alpha value is -1.68. The summed E-state index contributed by atoms with van der Waals surface area (Å²) in [5.41, 5.74) is 0.794. The van der Waals surface area contributed by atoms with Gasteiger partial charge in [0.25, 0.3) is 5.91 Å². The van der Waals surface area contributed by atoms with E-state index in [4.69, 9.17) is 0 Å². The Bertz CT molecular complexity index is 411. The van der Waals surface area contributed by atoms with Crippen LogP contribution in [0.5, 0.6) is 0 Å². The van der Waals surface area contributed by atoms with Gasteiger partial charge in [-0.25, -0.2) is 4.98 Å². The molecular weight excluding hydrogens is 196 g/mol. The first kappa shape index (κ1) is 8.90. The van der Waals surface area contributed by atoms with Crippen molar-refractivity contribution in [1.29, 1.82) is 0 Å². The van der Waals surface area contributed by atoms with Crippen LogP contribution < -0.4 is 10.3 Å². The van der Waals surface area contributed by atoms with E-state index in [9.17, 15) is 4.79 Å². The minimum Gasteiger partial charge on any atom is -0.321 e. The number of aromatic amines is 1. The Balaban J connectivity index is 2.10. The fourth-order valence-corrected chi connectivity index (χ4v) is 1.69. The second kappa shape index (κ2) is 4.02. The van der Waals surface area contributed by atoms with Gasteiger partial charge in [-0.05, 0) is 11.4 Å². The molecular formula is C10H9N2OS+. The number of carbonyl (C=O) groups excluding carboxylic acids is 1. The Morgan fingerprint density at radius 2 is 2.07 bits per heavy atom. The van der Waals surface area contributed by atoms with Crippen molar-refractivity contribution >= 4 is 22.9 Å². The summed E-state index contributed by atoms with van der Waals surface area (Å²) in [6.45, 7) is 0. The summed E-state index contributed by atoms with van der Waals surface area (Å²) in [6, 6.07) is 7.28. The highest BCUT2D eigenvalue weighted by molar-refractivity contribution is 7.12. The zero-order valence-corrected chi connectivity index (χ0v) is 8.17. The predicted molar refractivity (Wildman–Crippen MR) is 55.3 cm³/mol. The van der Waals surface area contributed by atoms with Crippen LogP contribution in [0.25, 0.3) is 0 Å². The summed E-state index contributed by atoms with van der Waals surface area (Å²) in [7, 11) is 0. The number of rotatable bonds is 2. The van der Waals surface area contributed by atoms with Gasteiger partial charge in [0, 0.05) is 12.1 Å². The number of anilines is 1. The van der Waals surface area contributed by atoms with Crippen molar-refractivity contribution in [3.8, 4) is 0 Å². The van der Waals surface area contributed by atoms with Gasteiger partial charge in [-0.3, -0.25) is 4.79 Å². The first-order valence-corrected chi connectivity index (χ1v) is 5.05. The van der Waals surface area contributed by atoms with Crippen molar-refractivity contribution in [2.24, 2.45) is 0 Å². The smallest absolute Gasteiger partial charge is 0.265 e. The van der Waals surface area contributed by atoms with Crippen LogP contribution in [0.1, 0.15) is 9.67 Å². The van der Waals surface area contributed by atoms with Crippen LogP contribution >= 0.6 is 11.3 Å². The molecule has 0 bridgehead atoms. The van der Waals surface area contributed by atoms with Crippen molar-refractivity contribution in [3.05, 3.63) is 46.9 Å². The second-order valence-electron chi connectivity index (χ2n) is 2.72. The highest BCUT2D eigenvalue weighted by atomic mass is 32.1. The van der Waals surface area contributed by atoms with Crippen molar-refractivity contribution in [2.75, 3.05) is 5.32 Å². The first-order valence-electron chi connectivity index (χ1n) is 4.17. The largest absolute Gasteiger partial charge is 0.321 e. The van der Waals surface area contributed by atoms with E-state index in [2.05, 4.69) is 10.3 Å². The van der Waals surface area contributed by atoms with E-state index in [1.807, 2.05) is 23.6 Å². The van der Waals surface area contributed by atoms with Crippen LogP contribution in [0.15, 0.2) is 42.0 Å². The van der Waals surface area contributed by atoms with Crippen LogP contribution in [0.3, 0.4) is 0 Å². The molecule has 2 aromatic rings. The average Bonchev–Trinajstić information content (AvgIpc) is 2.72. The minimum absolute atomic E-state index is 0.0637. The first-order chi connectivity index (χ1) is 6.86. The summed E-state index contributed by atoms with van der Waals surface area (Å²) in [5.74, 6) is -0.0637. The average molecular weight is 205 g/mol. The molecule has 0 spiro atoms. The molecule has 0 radical (unpaired) electrons. The highest BCUT2D eigenvalue weighted by Gasteiger charge is 2.06. The number of hydrogen-bond donors (Lipinski definition) is 1. The molecule has 0 saturated heterocycles. The number of aromatic nitrogens is 1. The van der Waals surface area contributed by atoms with Crippen molar-refractivity contribution in [1.82, 2.24) is 0 Å². The van der Waals surface area contributed by atoms with E-state index in [0.717, 1.165) is 10.6 Å². The monoisotopic (exact) mass is 205 g/mol. The van der Waals surface area contributed by atoms with Gasteiger partial charge in [0.1, 0.15) is 0 Å². The standard InChI is InChI=1S/C10H8N2OS/c13-10(9-2-1-7-14-9)12-8-3-5-11-6-4-8/h1-7H,(H,11,12,13)/p+1. The molecule has 0 fully saturated rings. The lowest BCUT2D eigenvalue weighted by Crippen LogP contribution is -2.11. The number of thiophene rings is 1. The minimum atomic E-state index is -0.0637. The van der Waals surface area contributed by atoms with E-state index >= 15 is 0 Å². The molecule has 70 valence electrons. The fourth-order valence-electron chi connectivity index (χ4n) is 1.07. The summed E-state index contributed by atoms with van der Waals surface area (Å²) >= 11 is 1.43.